The van der Waals surface area contributed by atoms with E-state index >= 15 is 0 Å². The van der Waals surface area contributed by atoms with Crippen molar-refractivity contribution in [3.05, 3.63) is 11.3 Å². The first-order valence-corrected chi connectivity index (χ1v) is 7.99. The van der Waals surface area contributed by atoms with Crippen molar-refractivity contribution in [2.75, 3.05) is 45.2 Å². The Bertz CT molecular complexity index is 423. The summed E-state index contributed by atoms with van der Waals surface area (Å²) in [6.07, 6.45) is 0. The average Bonchev–Trinajstić information content (AvgIpc) is 2.66. The van der Waals surface area contributed by atoms with E-state index in [4.69, 9.17) is 0 Å². The van der Waals surface area contributed by atoms with Crippen LogP contribution in [0.3, 0.4) is 0 Å². The fraction of sp³-hybridized carbons (Fsp3) is 0.812. The first kappa shape index (κ1) is 18.0. The minimum atomic E-state index is 0.634. The molecule has 5 heteroatoms. The zero-order valence-corrected chi connectivity index (χ0v) is 14.9. The fourth-order valence-electron chi connectivity index (χ4n) is 2.59. The van der Waals surface area contributed by atoms with Crippen LogP contribution < -0.4 is 10.2 Å². The largest absolute Gasteiger partial charge is 0.355 e. The number of rotatable bonds is 9. The lowest BCUT2D eigenvalue weighted by molar-refractivity contribution is 0.407. The molecule has 122 valence electrons. The SMILES string of the molecule is CCNCc1c(C)nn(C)c1N(CCN(C)C)CC(C)C. The van der Waals surface area contributed by atoms with E-state index in [-0.39, 0.29) is 0 Å². The van der Waals surface area contributed by atoms with Crippen LogP contribution in [0.5, 0.6) is 0 Å². The molecule has 0 aromatic carbocycles. The van der Waals surface area contributed by atoms with Gasteiger partial charge in [0.1, 0.15) is 5.82 Å². The van der Waals surface area contributed by atoms with E-state index in [1.807, 2.05) is 4.68 Å². The van der Waals surface area contributed by atoms with Gasteiger partial charge in [-0.05, 0) is 33.5 Å². The van der Waals surface area contributed by atoms with Crippen LogP contribution in [0, 0.1) is 12.8 Å². The minimum Gasteiger partial charge on any atom is -0.355 e. The molecule has 0 aliphatic rings. The summed E-state index contributed by atoms with van der Waals surface area (Å²) in [5.74, 6) is 1.90. The zero-order valence-electron chi connectivity index (χ0n) is 14.9. The van der Waals surface area contributed by atoms with Crippen LogP contribution in [0.1, 0.15) is 32.0 Å². The molecular formula is C16H33N5. The predicted octanol–water partition coefficient (Wildman–Crippen LogP) is 1.86. The van der Waals surface area contributed by atoms with Crippen LogP contribution in [-0.4, -0.2) is 55.0 Å². The maximum absolute atomic E-state index is 4.64. The molecule has 1 rings (SSSR count). The Morgan fingerprint density at radius 2 is 1.90 bits per heavy atom. The molecule has 0 fully saturated rings. The Morgan fingerprint density at radius 1 is 1.24 bits per heavy atom. The van der Waals surface area contributed by atoms with Gasteiger partial charge in [-0.15, -0.1) is 0 Å². The van der Waals surface area contributed by atoms with Gasteiger partial charge in [-0.25, -0.2) is 0 Å². The molecule has 0 amide bonds. The van der Waals surface area contributed by atoms with Gasteiger partial charge in [-0.3, -0.25) is 4.68 Å². The van der Waals surface area contributed by atoms with Gasteiger partial charge in [0.05, 0.1) is 5.69 Å². The molecular weight excluding hydrogens is 262 g/mol. The number of aryl methyl sites for hydroxylation is 2. The first-order valence-electron chi connectivity index (χ1n) is 7.99. The van der Waals surface area contributed by atoms with Crippen LogP contribution in [0.2, 0.25) is 0 Å². The number of hydrogen-bond donors (Lipinski definition) is 1. The van der Waals surface area contributed by atoms with Crippen LogP contribution in [0.25, 0.3) is 0 Å². The summed E-state index contributed by atoms with van der Waals surface area (Å²) in [4.78, 5) is 4.72. The maximum Gasteiger partial charge on any atom is 0.131 e. The molecule has 0 spiro atoms. The van der Waals surface area contributed by atoms with E-state index in [1.54, 1.807) is 0 Å². The van der Waals surface area contributed by atoms with Crippen molar-refractivity contribution in [2.45, 2.75) is 34.2 Å². The van der Waals surface area contributed by atoms with E-state index in [0.717, 1.165) is 38.4 Å². The molecule has 5 nitrogen and oxygen atoms in total. The lowest BCUT2D eigenvalue weighted by Crippen LogP contribution is -2.36. The Balaban J connectivity index is 3.03. The van der Waals surface area contributed by atoms with Crippen molar-refractivity contribution >= 4 is 5.82 Å². The second-order valence-corrected chi connectivity index (χ2v) is 6.43. The topological polar surface area (TPSA) is 36.3 Å². The summed E-state index contributed by atoms with van der Waals surface area (Å²) in [5.41, 5.74) is 2.46. The van der Waals surface area contributed by atoms with Gasteiger partial charge in [0, 0.05) is 38.8 Å². The third kappa shape index (κ3) is 5.32. The van der Waals surface area contributed by atoms with Crippen LogP contribution in [-0.2, 0) is 13.6 Å². The maximum atomic E-state index is 4.64. The Kier molecular flexibility index (Phi) is 7.18. The molecule has 0 bridgehead atoms. The molecule has 0 aliphatic heterocycles. The minimum absolute atomic E-state index is 0.634. The standard InChI is InChI=1S/C16H33N5/c1-8-17-11-15-14(4)18-20(7)16(15)21(12-13(2)3)10-9-19(5)6/h13,17H,8-12H2,1-7H3. The first-order chi connectivity index (χ1) is 9.86. The number of nitrogens with zero attached hydrogens (tertiary/aromatic N) is 4. The summed E-state index contributed by atoms with van der Waals surface area (Å²) in [6, 6.07) is 0. The highest BCUT2D eigenvalue weighted by Crippen LogP contribution is 2.24. The number of likely N-dealkylation sites (N-methyl/N-ethyl adjacent to an activating group) is 1. The van der Waals surface area contributed by atoms with Gasteiger partial charge in [0.25, 0.3) is 0 Å². The van der Waals surface area contributed by atoms with Crippen molar-refractivity contribution in [2.24, 2.45) is 13.0 Å². The zero-order chi connectivity index (χ0) is 16.0. The van der Waals surface area contributed by atoms with Gasteiger partial charge in [0.15, 0.2) is 0 Å². The molecule has 0 aliphatic carbocycles. The highest BCUT2D eigenvalue weighted by atomic mass is 15.4. The highest BCUT2D eigenvalue weighted by Gasteiger charge is 2.19. The second-order valence-electron chi connectivity index (χ2n) is 6.43. The van der Waals surface area contributed by atoms with Crippen molar-refractivity contribution in [1.29, 1.82) is 0 Å². The quantitative estimate of drug-likeness (QED) is 0.754. The van der Waals surface area contributed by atoms with Gasteiger partial charge >= 0.3 is 0 Å². The molecule has 21 heavy (non-hydrogen) atoms. The number of hydrogen-bond acceptors (Lipinski definition) is 4. The van der Waals surface area contributed by atoms with Crippen LogP contribution in [0.15, 0.2) is 0 Å². The van der Waals surface area contributed by atoms with Crippen molar-refractivity contribution < 1.29 is 0 Å². The summed E-state index contributed by atoms with van der Waals surface area (Å²) in [5, 5.41) is 8.08. The molecule has 1 heterocycles. The smallest absolute Gasteiger partial charge is 0.131 e. The average molecular weight is 295 g/mol. The lowest BCUT2D eigenvalue weighted by Gasteiger charge is -2.29. The van der Waals surface area contributed by atoms with Crippen molar-refractivity contribution in [3.8, 4) is 0 Å². The van der Waals surface area contributed by atoms with Crippen molar-refractivity contribution in [1.82, 2.24) is 20.0 Å². The van der Waals surface area contributed by atoms with Gasteiger partial charge in [0.2, 0.25) is 0 Å². The van der Waals surface area contributed by atoms with E-state index in [2.05, 4.69) is 69.1 Å². The molecule has 0 saturated carbocycles. The summed E-state index contributed by atoms with van der Waals surface area (Å²) in [7, 11) is 6.31. The van der Waals surface area contributed by atoms with E-state index in [1.165, 1.54) is 11.4 Å². The summed E-state index contributed by atoms with van der Waals surface area (Å²) < 4.78 is 2.04. The van der Waals surface area contributed by atoms with E-state index in [0.29, 0.717) is 5.92 Å². The van der Waals surface area contributed by atoms with E-state index in [9.17, 15) is 0 Å². The van der Waals surface area contributed by atoms with Gasteiger partial charge < -0.3 is 15.1 Å². The monoisotopic (exact) mass is 295 g/mol. The van der Waals surface area contributed by atoms with Crippen LogP contribution >= 0.6 is 0 Å². The number of nitrogens with one attached hydrogen (secondary N) is 1. The van der Waals surface area contributed by atoms with Crippen molar-refractivity contribution in [3.63, 3.8) is 0 Å². The number of anilines is 1. The fourth-order valence-corrected chi connectivity index (χ4v) is 2.59. The molecule has 0 unspecified atom stereocenters. The third-order valence-electron chi connectivity index (χ3n) is 3.57. The highest BCUT2D eigenvalue weighted by molar-refractivity contribution is 5.50. The Labute approximate surface area is 130 Å². The predicted molar refractivity (Wildman–Crippen MR) is 90.9 cm³/mol. The van der Waals surface area contributed by atoms with Gasteiger partial charge in [-0.2, -0.15) is 5.10 Å². The molecule has 1 aromatic heterocycles. The van der Waals surface area contributed by atoms with Gasteiger partial charge in [-0.1, -0.05) is 20.8 Å². The summed E-state index contributed by atoms with van der Waals surface area (Å²) >= 11 is 0. The van der Waals surface area contributed by atoms with E-state index < -0.39 is 0 Å². The lowest BCUT2D eigenvalue weighted by atomic mass is 10.1. The Morgan fingerprint density at radius 3 is 2.43 bits per heavy atom. The molecule has 1 N–H and O–H groups in total. The summed E-state index contributed by atoms with van der Waals surface area (Å²) in [6.45, 7) is 13.8. The third-order valence-corrected chi connectivity index (χ3v) is 3.57. The molecule has 0 atom stereocenters. The molecule has 0 radical (unpaired) electrons. The second kappa shape index (κ2) is 8.39. The molecule has 1 aromatic rings. The van der Waals surface area contributed by atoms with Crippen LogP contribution in [0.4, 0.5) is 5.82 Å². The normalized spacial score (nSPS) is 11.7. The Hall–Kier alpha value is -1.07. The number of aromatic nitrogens is 2. The molecule has 0 saturated heterocycles.